The van der Waals surface area contributed by atoms with Crippen LogP contribution in [0.1, 0.15) is 11.3 Å². The molecular formula is C12H13ClN2O2. The molecule has 0 amide bonds. The molecule has 0 saturated carbocycles. The van der Waals surface area contributed by atoms with E-state index in [1.807, 2.05) is 37.3 Å². The summed E-state index contributed by atoms with van der Waals surface area (Å²) in [7, 11) is 0. The fourth-order valence-corrected chi connectivity index (χ4v) is 1.61. The first-order chi connectivity index (χ1) is 7.68. The average Bonchev–Trinajstić information content (AvgIpc) is 2.61. The van der Waals surface area contributed by atoms with E-state index in [4.69, 9.17) is 5.11 Å². The summed E-state index contributed by atoms with van der Waals surface area (Å²) in [6, 6.07) is 9.65. The summed E-state index contributed by atoms with van der Waals surface area (Å²) >= 11 is 0. The Bertz CT molecular complexity index is 508. The maximum Gasteiger partial charge on any atom is 0.307 e. The lowest BCUT2D eigenvalue weighted by Gasteiger charge is -2.04. The number of carbonyl (C=O) groups is 1. The van der Waals surface area contributed by atoms with Crippen LogP contribution in [0.2, 0.25) is 0 Å². The lowest BCUT2D eigenvalue weighted by molar-refractivity contribution is -0.136. The van der Waals surface area contributed by atoms with Crippen molar-refractivity contribution < 1.29 is 9.90 Å². The quantitative estimate of drug-likeness (QED) is 0.911. The van der Waals surface area contributed by atoms with Crippen LogP contribution >= 0.6 is 12.4 Å². The maximum absolute atomic E-state index is 10.6. The van der Waals surface area contributed by atoms with E-state index in [2.05, 4.69) is 5.10 Å². The van der Waals surface area contributed by atoms with Gasteiger partial charge in [0.1, 0.15) is 0 Å². The van der Waals surface area contributed by atoms with Crippen LogP contribution in [0, 0.1) is 6.92 Å². The van der Waals surface area contributed by atoms with E-state index < -0.39 is 5.97 Å². The zero-order valence-corrected chi connectivity index (χ0v) is 10.1. The van der Waals surface area contributed by atoms with E-state index in [1.54, 1.807) is 10.9 Å². The van der Waals surface area contributed by atoms with Crippen LogP contribution < -0.4 is 0 Å². The molecule has 17 heavy (non-hydrogen) atoms. The van der Waals surface area contributed by atoms with Crippen LogP contribution in [-0.4, -0.2) is 20.9 Å². The summed E-state index contributed by atoms with van der Waals surface area (Å²) in [5.74, 6) is -0.837. The van der Waals surface area contributed by atoms with Gasteiger partial charge in [-0.15, -0.1) is 12.4 Å². The van der Waals surface area contributed by atoms with Crippen molar-refractivity contribution in [1.29, 1.82) is 0 Å². The Morgan fingerprint density at radius 1 is 1.35 bits per heavy atom. The molecule has 0 aliphatic carbocycles. The summed E-state index contributed by atoms with van der Waals surface area (Å²) in [6.45, 7) is 1.87. The summed E-state index contributed by atoms with van der Waals surface area (Å²) in [5.41, 5.74) is 2.56. The van der Waals surface area contributed by atoms with Gasteiger partial charge in [0.15, 0.2) is 0 Å². The number of benzene rings is 1. The Kier molecular flexibility index (Phi) is 4.29. The van der Waals surface area contributed by atoms with Crippen LogP contribution in [0.4, 0.5) is 0 Å². The zero-order valence-electron chi connectivity index (χ0n) is 9.33. The molecule has 0 aliphatic heterocycles. The molecule has 90 valence electrons. The molecule has 4 nitrogen and oxygen atoms in total. The Labute approximate surface area is 105 Å². The first-order valence-electron chi connectivity index (χ1n) is 4.99. The second-order valence-corrected chi connectivity index (χ2v) is 3.57. The second-order valence-electron chi connectivity index (χ2n) is 3.57. The van der Waals surface area contributed by atoms with Gasteiger partial charge < -0.3 is 5.11 Å². The van der Waals surface area contributed by atoms with Crippen LogP contribution in [0.25, 0.3) is 5.69 Å². The van der Waals surface area contributed by atoms with Crippen LogP contribution in [0.5, 0.6) is 0 Å². The van der Waals surface area contributed by atoms with Crippen molar-refractivity contribution in [2.24, 2.45) is 0 Å². The highest BCUT2D eigenvalue weighted by atomic mass is 35.5. The summed E-state index contributed by atoms with van der Waals surface area (Å²) < 4.78 is 1.75. The molecule has 0 unspecified atom stereocenters. The number of nitrogens with zero attached hydrogens (tertiary/aromatic N) is 2. The number of carboxylic acid groups (broad SMARTS) is 1. The smallest absolute Gasteiger partial charge is 0.307 e. The minimum atomic E-state index is -0.837. The summed E-state index contributed by atoms with van der Waals surface area (Å²) in [4.78, 5) is 10.6. The van der Waals surface area contributed by atoms with Gasteiger partial charge in [0.05, 0.1) is 18.3 Å². The number of halogens is 1. The fourth-order valence-electron chi connectivity index (χ4n) is 1.61. The van der Waals surface area contributed by atoms with Crippen molar-refractivity contribution in [1.82, 2.24) is 9.78 Å². The molecule has 0 fully saturated rings. The number of hydrogen-bond donors (Lipinski definition) is 1. The third-order valence-corrected chi connectivity index (χ3v) is 2.45. The van der Waals surface area contributed by atoms with Crippen molar-refractivity contribution in [3.8, 4) is 5.69 Å². The molecule has 0 atom stereocenters. The molecule has 0 radical (unpaired) electrons. The molecule has 0 bridgehead atoms. The molecule has 1 aromatic heterocycles. The number of para-hydroxylation sites is 1. The van der Waals surface area contributed by atoms with Crippen molar-refractivity contribution >= 4 is 18.4 Å². The average molecular weight is 253 g/mol. The van der Waals surface area contributed by atoms with Gasteiger partial charge in [0, 0.05) is 11.3 Å². The number of aromatic nitrogens is 2. The number of aliphatic carboxylic acids is 1. The number of carboxylic acids is 1. The lowest BCUT2D eigenvalue weighted by Crippen LogP contribution is -2.03. The van der Waals surface area contributed by atoms with Gasteiger partial charge in [0.2, 0.25) is 0 Å². The van der Waals surface area contributed by atoms with Crippen molar-refractivity contribution in [3.05, 3.63) is 47.8 Å². The molecule has 2 rings (SSSR count). The molecule has 1 heterocycles. The molecule has 0 spiro atoms. The van der Waals surface area contributed by atoms with Gasteiger partial charge in [-0.05, 0) is 19.1 Å². The second kappa shape index (κ2) is 5.50. The Balaban J connectivity index is 0.00000144. The van der Waals surface area contributed by atoms with Gasteiger partial charge in [-0.1, -0.05) is 18.2 Å². The van der Waals surface area contributed by atoms with Gasteiger partial charge in [0.25, 0.3) is 0 Å². The molecular weight excluding hydrogens is 240 g/mol. The zero-order chi connectivity index (χ0) is 11.5. The van der Waals surface area contributed by atoms with Gasteiger partial charge in [-0.25, -0.2) is 4.68 Å². The van der Waals surface area contributed by atoms with E-state index in [0.29, 0.717) is 0 Å². The normalized spacial score (nSPS) is 9.71. The van der Waals surface area contributed by atoms with Crippen molar-refractivity contribution in [3.63, 3.8) is 0 Å². The highest BCUT2D eigenvalue weighted by Crippen LogP contribution is 2.14. The Morgan fingerprint density at radius 2 is 2.00 bits per heavy atom. The minimum Gasteiger partial charge on any atom is -0.481 e. The summed E-state index contributed by atoms with van der Waals surface area (Å²) in [5, 5.41) is 12.9. The van der Waals surface area contributed by atoms with Crippen molar-refractivity contribution in [2.45, 2.75) is 13.3 Å². The van der Waals surface area contributed by atoms with Crippen LogP contribution in [-0.2, 0) is 11.2 Å². The predicted octanol–water partition coefficient (Wildman–Crippen LogP) is 2.23. The summed E-state index contributed by atoms with van der Waals surface area (Å²) in [6.07, 6.45) is 1.62. The predicted molar refractivity (Wildman–Crippen MR) is 66.9 cm³/mol. The largest absolute Gasteiger partial charge is 0.481 e. The lowest BCUT2D eigenvalue weighted by atomic mass is 10.2. The van der Waals surface area contributed by atoms with E-state index in [0.717, 1.165) is 16.9 Å². The van der Waals surface area contributed by atoms with Crippen molar-refractivity contribution in [2.75, 3.05) is 0 Å². The highest BCUT2D eigenvalue weighted by molar-refractivity contribution is 5.85. The molecule has 1 N–H and O–H groups in total. The van der Waals surface area contributed by atoms with E-state index in [-0.39, 0.29) is 18.8 Å². The van der Waals surface area contributed by atoms with Crippen LogP contribution in [0.15, 0.2) is 36.5 Å². The molecule has 0 aliphatic rings. The molecule has 1 aromatic carbocycles. The van der Waals surface area contributed by atoms with Crippen LogP contribution in [0.3, 0.4) is 0 Å². The van der Waals surface area contributed by atoms with Gasteiger partial charge in [-0.3, -0.25) is 4.79 Å². The Hall–Kier alpha value is -1.81. The first kappa shape index (κ1) is 13.3. The first-order valence-corrected chi connectivity index (χ1v) is 4.99. The highest BCUT2D eigenvalue weighted by Gasteiger charge is 2.10. The molecule has 5 heteroatoms. The Morgan fingerprint density at radius 3 is 2.59 bits per heavy atom. The standard InChI is InChI=1S/C12H12N2O2.ClH/c1-9-10(7-12(15)16)8-13-14(9)11-5-3-2-4-6-11;/h2-6,8H,7H2,1H3,(H,15,16);1H. The topological polar surface area (TPSA) is 55.1 Å². The maximum atomic E-state index is 10.6. The third-order valence-electron chi connectivity index (χ3n) is 2.45. The minimum absolute atomic E-state index is 0. The van der Waals surface area contributed by atoms with E-state index in [9.17, 15) is 4.79 Å². The SMILES string of the molecule is Cc1c(CC(=O)O)cnn1-c1ccccc1.Cl. The van der Waals surface area contributed by atoms with Gasteiger partial charge in [-0.2, -0.15) is 5.10 Å². The number of hydrogen-bond acceptors (Lipinski definition) is 2. The van der Waals surface area contributed by atoms with E-state index >= 15 is 0 Å². The van der Waals surface area contributed by atoms with Gasteiger partial charge >= 0.3 is 5.97 Å². The molecule has 0 saturated heterocycles. The number of rotatable bonds is 3. The molecule has 2 aromatic rings. The van der Waals surface area contributed by atoms with E-state index in [1.165, 1.54) is 0 Å². The monoisotopic (exact) mass is 252 g/mol. The third kappa shape index (κ3) is 2.85. The fraction of sp³-hybridized carbons (Fsp3) is 0.167.